The zero-order chi connectivity index (χ0) is 12.3. The van der Waals surface area contributed by atoms with Crippen molar-refractivity contribution in [1.29, 1.82) is 0 Å². The van der Waals surface area contributed by atoms with Crippen molar-refractivity contribution < 1.29 is 9.90 Å². The summed E-state index contributed by atoms with van der Waals surface area (Å²) in [5.74, 6) is 0. The van der Waals surface area contributed by atoms with Gasteiger partial charge in [-0.25, -0.2) is 4.79 Å². The predicted molar refractivity (Wildman–Crippen MR) is 75.0 cm³/mol. The summed E-state index contributed by atoms with van der Waals surface area (Å²) in [7, 11) is 0. The average Bonchev–Trinajstić information content (AvgIpc) is 2.29. The summed E-state index contributed by atoms with van der Waals surface area (Å²) in [6.45, 7) is 1.14. The second-order valence-electron chi connectivity index (χ2n) is 4.18. The fourth-order valence-electron chi connectivity index (χ4n) is 1.91. The standard InChI is InChI=1S/C12H15IN2O2/c13-9-3-1-4-10(7-9)14-12(17)15-6-2-5-11(16)8-15/h1,3-4,7,11,16H,2,5-6,8H2,(H,14,17)/t11-/m0/s1. The number of carbonyl (C=O) groups is 1. The van der Waals surface area contributed by atoms with Crippen molar-refractivity contribution in [3.8, 4) is 0 Å². The maximum absolute atomic E-state index is 11.9. The molecule has 1 saturated heterocycles. The molecule has 0 bridgehead atoms. The van der Waals surface area contributed by atoms with Gasteiger partial charge in [0.2, 0.25) is 0 Å². The van der Waals surface area contributed by atoms with Crippen LogP contribution in [0.3, 0.4) is 0 Å². The number of piperidine rings is 1. The summed E-state index contributed by atoms with van der Waals surface area (Å²) < 4.78 is 1.08. The van der Waals surface area contributed by atoms with Gasteiger partial charge in [0.15, 0.2) is 0 Å². The first-order valence-electron chi connectivity index (χ1n) is 5.65. The topological polar surface area (TPSA) is 52.6 Å². The number of carbonyl (C=O) groups excluding carboxylic acids is 1. The minimum atomic E-state index is -0.384. The molecule has 1 aliphatic heterocycles. The number of benzene rings is 1. The molecule has 0 radical (unpaired) electrons. The molecule has 1 heterocycles. The molecule has 4 nitrogen and oxygen atoms in total. The molecule has 2 rings (SSSR count). The van der Waals surface area contributed by atoms with Crippen LogP contribution in [0.25, 0.3) is 0 Å². The quantitative estimate of drug-likeness (QED) is 0.767. The van der Waals surface area contributed by atoms with E-state index in [0.29, 0.717) is 13.1 Å². The van der Waals surface area contributed by atoms with Gasteiger partial charge in [0, 0.05) is 22.3 Å². The van der Waals surface area contributed by atoms with Gasteiger partial charge in [-0.2, -0.15) is 0 Å². The number of β-amino-alcohol motifs (C(OH)–C–C–N with tert-alkyl or cyclic N) is 1. The molecular weight excluding hydrogens is 331 g/mol. The highest BCUT2D eigenvalue weighted by Gasteiger charge is 2.21. The fraction of sp³-hybridized carbons (Fsp3) is 0.417. The van der Waals surface area contributed by atoms with Crippen LogP contribution in [0.4, 0.5) is 10.5 Å². The highest BCUT2D eigenvalue weighted by Crippen LogP contribution is 2.15. The van der Waals surface area contributed by atoms with E-state index in [2.05, 4.69) is 27.9 Å². The molecular formula is C12H15IN2O2. The summed E-state index contributed by atoms with van der Waals surface area (Å²) in [4.78, 5) is 13.6. The first-order valence-corrected chi connectivity index (χ1v) is 6.72. The lowest BCUT2D eigenvalue weighted by molar-refractivity contribution is 0.0883. The third kappa shape index (κ3) is 3.57. The third-order valence-corrected chi connectivity index (χ3v) is 3.43. The van der Waals surface area contributed by atoms with Crippen LogP contribution in [0.1, 0.15) is 12.8 Å². The van der Waals surface area contributed by atoms with Crippen molar-refractivity contribution in [2.45, 2.75) is 18.9 Å². The second kappa shape index (κ2) is 5.68. The Morgan fingerprint density at radius 3 is 3.06 bits per heavy atom. The van der Waals surface area contributed by atoms with Crippen molar-refractivity contribution in [2.75, 3.05) is 18.4 Å². The molecule has 2 N–H and O–H groups in total. The molecule has 92 valence electrons. The zero-order valence-corrected chi connectivity index (χ0v) is 11.6. The number of nitrogens with zero attached hydrogens (tertiary/aromatic N) is 1. The van der Waals surface area contributed by atoms with Crippen LogP contribution in [0, 0.1) is 3.57 Å². The van der Waals surface area contributed by atoms with E-state index >= 15 is 0 Å². The van der Waals surface area contributed by atoms with Crippen LogP contribution >= 0.6 is 22.6 Å². The van der Waals surface area contributed by atoms with Gasteiger partial charge in [-0.1, -0.05) is 6.07 Å². The van der Waals surface area contributed by atoms with Gasteiger partial charge in [-0.15, -0.1) is 0 Å². The SMILES string of the molecule is O=C(Nc1cccc(I)c1)N1CCC[C@H](O)C1. The Balaban J connectivity index is 1.96. The van der Waals surface area contributed by atoms with Crippen LogP contribution in [-0.4, -0.2) is 35.2 Å². The Labute approximate surface area is 114 Å². The Morgan fingerprint density at radius 1 is 1.53 bits per heavy atom. The number of likely N-dealkylation sites (tertiary alicyclic amines) is 1. The summed E-state index contributed by atoms with van der Waals surface area (Å²) in [5.41, 5.74) is 0.793. The molecule has 0 unspecified atom stereocenters. The van der Waals surface area contributed by atoms with Gasteiger partial charge in [-0.3, -0.25) is 0 Å². The number of rotatable bonds is 1. The Kier molecular flexibility index (Phi) is 4.22. The van der Waals surface area contributed by atoms with Gasteiger partial charge in [-0.05, 0) is 53.6 Å². The number of aliphatic hydroxyl groups is 1. The lowest BCUT2D eigenvalue weighted by atomic mass is 10.1. The minimum absolute atomic E-state index is 0.134. The number of nitrogens with one attached hydrogen (secondary N) is 1. The molecule has 17 heavy (non-hydrogen) atoms. The summed E-state index contributed by atoms with van der Waals surface area (Å²) in [6.07, 6.45) is 1.26. The summed E-state index contributed by atoms with van der Waals surface area (Å²) in [6, 6.07) is 7.52. The Morgan fingerprint density at radius 2 is 2.35 bits per heavy atom. The first kappa shape index (κ1) is 12.6. The Hall–Kier alpha value is -0.820. The normalized spacial score (nSPS) is 20.1. The van der Waals surface area contributed by atoms with Crippen LogP contribution < -0.4 is 5.32 Å². The second-order valence-corrected chi connectivity index (χ2v) is 5.43. The largest absolute Gasteiger partial charge is 0.391 e. The van der Waals surface area contributed by atoms with Crippen molar-refractivity contribution in [3.63, 3.8) is 0 Å². The van der Waals surface area contributed by atoms with E-state index < -0.39 is 0 Å². The molecule has 1 atom stereocenters. The van der Waals surface area contributed by atoms with E-state index in [9.17, 15) is 9.90 Å². The van der Waals surface area contributed by atoms with Gasteiger partial charge in [0.05, 0.1) is 6.10 Å². The molecule has 2 amide bonds. The van der Waals surface area contributed by atoms with E-state index in [4.69, 9.17) is 0 Å². The van der Waals surface area contributed by atoms with E-state index in [-0.39, 0.29) is 12.1 Å². The highest BCUT2D eigenvalue weighted by atomic mass is 127. The molecule has 1 aromatic rings. The van der Waals surface area contributed by atoms with Gasteiger partial charge in [0.25, 0.3) is 0 Å². The first-order chi connectivity index (χ1) is 8.15. The van der Waals surface area contributed by atoms with E-state index in [1.54, 1.807) is 4.90 Å². The van der Waals surface area contributed by atoms with E-state index in [0.717, 1.165) is 22.1 Å². The molecule has 1 aromatic carbocycles. The summed E-state index contributed by atoms with van der Waals surface area (Å²) >= 11 is 2.21. The molecule has 0 aliphatic carbocycles. The van der Waals surface area contributed by atoms with E-state index in [1.807, 2.05) is 24.3 Å². The minimum Gasteiger partial charge on any atom is -0.391 e. The fourth-order valence-corrected chi connectivity index (χ4v) is 2.45. The number of hydrogen-bond donors (Lipinski definition) is 2. The van der Waals surface area contributed by atoms with Crippen LogP contribution in [0.15, 0.2) is 24.3 Å². The van der Waals surface area contributed by atoms with Crippen molar-refractivity contribution in [1.82, 2.24) is 4.90 Å². The number of hydrogen-bond acceptors (Lipinski definition) is 2. The van der Waals surface area contributed by atoms with Crippen LogP contribution in [0.2, 0.25) is 0 Å². The lowest BCUT2D eigenvalue weighted by Gasteiger charge is -2.30. The molecule has 0 saturated carbocycles. The van der Waals surface area contributed by atoms with Crippen LogP contribution in [0.5, 0.6) is 0 Å². The van der Waals surface area contributed by atoms with Crippen molar-refractivity contribution in [2.24, 2.45) is 0 Å². The summed E-state index contributed by atoms with van der Waals surface area (Å²) in [5, 5.41) is 12.4. The number of amides is 2. The molecule has 0 spiro atoms. The molecule has 5 heteroatoms. The van der Waals surface area contributed by atoms with Crippen LogP contribution in [-0.2, 0) is 0 Å². The predicted octanol–water partition coefficient (Wildman–Crippen LogP) is 2.28. The smallest absolute Gasteiger partial charge is 0.321 e. The van der Waals surface area contributed by atoms with Gasteiger partial charge < -0.3 is 15.3 Å². The van der Waals surface area contributed by atoms with Gasteiger partial charge in [0.1, 0.15) is 0 Å². The van der Waals surface area contributed by atoms with Gasteiger partial charge >= 0.3 is 6.03 Å². The lowest BCUT2D eigenvalue weighted by Crippen LogP contribution is -2.44. The number of aliphatic hydroxyl groups excluding tert-OH is 1. The number of halogens is 1. The third-order valence-electron chi connectivity index (χ3n) is 2.76. The highest BCUT2D eigenvalue weighted by molar-refractivity contribution is 14.1. The van der Waals surface area contributed by atoms with Crippen molar-refractivity contribution >= 4 is 34.3 Å². The van der Waals surface area contributed by atoms with E-state index in [1.165, 1.54) is 0 Å². The maximum atomic E-state index is 11.9. The monoisotopic (exact) mass is 346 g/mol. The number of urea groups is 1. The molecule has 0 aromatic heterocycles. The molecule has 1 aliphatic rings. The average molecular weight is 346 g/mol. The Bertz CT molecular complexity index is 411. The zero-order valence-electron chi connectivity index (χ0n) is 9.40. The van der Waals surface area contributed by atoms with Crippen molar-refractivity contribution in [3.05, 3.63) is 27.8 Å². The molecule has 1 fully saturated rings. The number of anilines is 1. The maximum Gasteiger partial charge on any atom is 0.321 e.